The van der Waals surface area contributed by atoms with Crippen LogP contribution < -0.4 is 16.4 Å². The van der Waals surface area contributed by atoms with Gasteiger partial charge in [0.2, 0.25) is 17.6 Å². The molecule has 1 aromatic carbocycles. The first-order valence-electron chi connectivity index (χ1n) is 17.2. The number of nitrogens with zero attached hydrogens (tertiary/aromatic N) is 5. The van der Waals surface area contributed by atoms with E-state index in [-0.39, 0.29) is 48.7 Å². The number of nitro benzene ring substituents is 1. The van der Waals surface area contributed by atoms with Crippen LogP contribution in [0.5, 0.6) is 0 Å². The molecule has 1 aliphatic carbocycles. The third-order valence-corrected chi connectivity index (χ3v) is 11.2. The van der Waals surface area contributed by atoms with Crippen molar-refractivity contribution in [1.82, 2.24) is 30.5 Å². The molecule has 282 valence electrons. The lowest BCUT2D eigenvalue weighted by atomic mass is 9.83. The first-order chi connectivity index (χ1) is 24.5. The van der Waals surface area contributed by atoms with Gasteiger partial charge in [-0.3, -0.25) is 34.1 Å². The van der Waals surface area contributed by atoms with Gasteiger partial charge in [-0.2, -0.15) is 0 Å². The van der Waals surface area contributed by atoms with Crippen LogP contribution in [0.15, 0.2) is 30.5 Å². The second kappa shape index (κ2) is 15.6. The first kappa shape index (κ1) is 38.8. The normalized spacial score (nSPS) is 26.0. The highest BCUT2D eigenvalue weighted by Crippen LogP contribution is 2.36. The summed E-state index contributed by atoms with van der Waals surface area (Å²) in [6, 6.07) is 1.67. The van der Waals surface area contributed by atoms with E-state index in [1.54, 1.807) is 0 Å². The molecule has 2 saturated heterocycles. The summed E-state index contributed by atoms with van der Waals surface area (Å²) in [4.78, 5) is 79.7. The Morgan fingerprint density at radius 1 is 1.13 bits per heavy atom. The molecular weight excluding hydrogens is 700 g/mol. The predicted molar refractivity (Wildman–Crippen MR) is 184 cm³/mol. The largest absolute Gasteiger partial charge is 0.387 e. The molecule has 18 nitrogen and oxygen atoms in total. The van der Waals surface area contributed by atoms with Crippen molar-refractivity contribution < 1.29 is 44.2 Å². The van der Waals surface area contributed by atoms with Crippen molar-refractivity contribution in [2.45, 2.75) is 106 Å². The Kier molecular flexibility index (Phi) is 11.7. The van der Waals surface area contributed by atoms with E-state index in [4.69, 9.17) is 5.73 Å². The summed E-state index contributed by atoms with van der Waals surface area (Å²) in [5, 5.41) is 56.8. The van der Waals surface area contributed by atoms with Crippen molar-refractivity contribution in [3.8, 4) is 0 Å². The Morgan fingerprint density at radius 2 is 1.81 bits per heavy atom. The first-order valence-corrected chi connectivity index (χ1v) is 18.2. The van der Waals surface area contributed by atoms with Crippen LogP contribution in [0.2, 0.25) is 0 Å². The number of nitrogens with two attached hydrogens (primary N) is 1. The number of primary amides is 1. The predicted octanol–water partition coefficient (Wildman–Crippen LogP) is 0.0503. The molecule has 4 amide bonds. The third kappa shape index (κ3) is 8.11. The van der Waals surface area contributed by atoms with Gasteiger partial charge in [0.1, 0.15) is 34.8 Å². The van der Waals surface area contributed by atoms with Gasteiger partial charge in [0.25, 0.3) is 17.5 Å². The number of likely N-dealkylation sites (tertiary alicyclic amines) is 1. The molecular formula is C33H44N8O10S. The lowest BCUT2D eigenvalue weighted by Crippen LogP contribution is -2.70. The van der Waals surface area contributed by atoms with Crippen LogP contribution in [0.25, 0.3) is 0 Å². The zero-order valence-electron chi connectivity index (χ0n) is 28.8. The monoisotopic (exact) mass is 744 g/mol. The average Bonchev–Trinajstić information content (AvgIpc) is 3.78. The number of non-ortho nitro benzene ring substituents is 1. The summed E-state index contributed by atoms with van der Waals surface area (Å²) in [6.45, 7) is 2.89. The number of hydrogen-bond acceptors (Lipinski definition) is 13. The number of nitrogens with one attached hydrogen (secondary N) is 2. The van der Waals surface area contributed by atoms with Crippen LogP contribution in [-0.4, -0.2) is 111 Å². The van der Waals surface area contributed by atoms with Crippen LogP contribution in [0.3, 0.4) is 0 Å². The zero-order valence-corrected chi connectivity index (χ0v) is 29.7. The number of Topliss-reactive ketones (excluding diaryl/α,β-unsaturated/α-hetero) is 1. The summed E-state index contributed by atoms with van der Waals surface area (Å²) < 4.78 is 1.40. The molecule has 3 fully saturated rings. The quantitative estimate of drug-likeness (QED) is 0.0954. The SMILES string of the molecule is CC(C)(O)c1cnnn1[C@H]1C[C@@H](C(=O)NC2(C(=O)C(N)=O)CCSC(O)C2O)N(C(=O)C(CC2CCCCC2)NC(=O)c2ccc([N+](=O)[O-])cc2)C1. The summed E-state index contributed by atoms with van der Waals surface area (Å²) in [5.74, 6) is -4.82. The lowest BCUT2D eigenvalue weighted by Gasteiger charge is -2.42. The van der Waals surface area contributed by atoms with E-state index < -0.39 is 75.1 Å². The number of ketones is 1. The van der Waals surface area contributed by atoms with E-state index in [0.29, 0.717) is 5.69 Å². The maximum absolute atomic E-state index is 14.7. The van der Waals surface area contributed by atoms with E-state index in [0.717, 1.165) is 43.9 Å². The number of rotatable bonds is 12. The van der Waals surface area contributed by atoms with Gasteiger partial charge in [-0.25, -0.2) is 4.68 Å². The second-order valence-corrected chi connectivity index (χ2v) is 15.4. The van der Waals surface area contributed by atoms with E-state index in [1.165, 1.54) is 53.9 Å². The molecule has 19 heteroatoms. The molecule has 0 bridgehead atoms. The second-order valence-electron chi connectivity index (χ2n) is 14.2. The van der Waals surface area contributed by atoms with Crippen molar-refractivity contribution in [1.29, 1.82) is 0 Å². The fraction of sp³-hybridized carbons (Fsp3) is 0.606. The number of carbonyl (C=O) groups is 5. The van der Waals surface area contributed by atoms with Crippen LogP contribution >= 0.6 is 11.8 Å². The summed E-state index contributed by atoms with van der Waals surface area (Å²) in [6.07, 6.45) is 3.87. The zero-order chi connectivity index (χ0) is 38.0. The molecule has 2 aromatic rings. The molecule has 3 aliphatic rings. The average molecular weight is 745 g/mol. The summed E-state index contributed by atoms with van der Waals surface area (Å²) in [5.41, 5.74) is 0.249. The Morgan fingerprint density at radius 3 is 2.42 bits per heavy atom. The molecule has 52 heavy (non-hydrogen) atoms. The van der Waals surface area contributed by atoms with Gasteiger partial charge >= 0.3 is 0 Å². The summed E-state index contributed by atoms with van der Waals surface area (Å²) >= 11 is 0.921. The maximum atomic E-state index is 14.7. The van der Waals surface area contributed by atoms with Crippen molar-refractivity contribution in [2.24, 2.45) is 11.7 Å². The molecule has 7 N–H and O–H groups in total. The molecule has 2 aliphatic heterocycles. The Bertz CT molecular complexity index is 1690. The molecule has 6 atom stereocenters. The van der Waals surface area contributed by atoms with Gasteiger partial charge in [-0.05, 0) is 50.5 Å². The minimum absolute atomic E-state index is 0.0653. The number of amides is 4. The van der Waals surface area contributed by atoms with Gasteiger partial charge in [0, 0.05) is 30.7 Å². The van der Waals surface area contributed by atoms with Crippen molar-refractivity contribution in [3.05, 3.63) is 51.8 Å². The Balaban J connectivity index is 1.51. The highest BCUT2D eigenvalue weighted by Gasteiger charge is 2.55. The number of hydrogen-bond donors (Lipinski definition) is 6. The van der Waals surface area contributed by atoms with Gasteiger partial charge in [-0.1, -0.05) is 37.3 Å². The minimum Gasteiger partial charge on any atom is -0.387 e. The van der Waals surface area contributed by atoms with E-state index in [2.05, 4.69) is 20.9 Å². The Labute approximate surface area is 303 Å². The standard InChI is InChI=1S/C33H44N8O10S/c1-32(2,49)24-16-35-38-40(24)21-15-23(29(46)37-33(25(42)27(34)44)12-13-52-31(48)26(33)43)39(17-21)30(47)22(14-18-6-4-3-5-7-18)36-28(45)19-8-10-20(11-9-19)41(50)51/h8-11,16,18,21-23,26,31,43,48-49H,3-7,12-15,17H2,1-2H3,(H2,34,44)(H,36,45)(H,37,46)/t21-,22?,23-,26?,31?,33?/m0/s1. The van der Waals surface area contributed by atoms with Gasteiger partial charge in [0.05, 0.1) is 22.9 Å². The summed E-state index contributed by atoms with van der Waals surface area (Å²) in [7, 11) is 0. The minimum atomic E-state index is -2.28. The fourth-order valence-electron chi connectivity index (χ4n) is 7.38. The third-order valence-electron chi connectivity index (χ3n) is 10.2. The number of carbonyl (C=O) groups excluding carboxylic acids is 5. The van der Waals surface area contributed by atoms with Crippen LogP contribution in [0.1, 0.15) is 87.3 Å². The molecule has 1 aromatic heterocycles. The van der Waals surface area contributed by atoms with Crippen LogP contribution in [-0.2, 0) is 24.8 Å². The molecule has 0 spiro atoms. The fourth-order valence-corrected chi connectivity index (χ4v) is 8.47. The van der Waals surface area contributed by atoms with E-state index in [1.807, 2.05) is 0 Å². The van der Waals surface area contributed by atoms with Crippen LogP contribution in [0, 0.1) is 16.0 Å². The Hall–Kier alpha value is -4.46. The molecule has 3 heterocycles. The molecule has 5 rings (SSSR count). The number of aliphatic hydroxyl groups is 3. The molecule has 4 unspecified atom stereocenters. The number of benzene rings is 1. The highest BCUT2D eigenvalue weighted by atomic mass is 32.2. The number of aliphatic hydroxyl groups excluding tert-OH is 2. The van der Waals surface area contributed by atoms with E-state index in [9.17, 15) is 49.4 Å². The lowest BCUT2D eigenvalue weighted by molar-refractivity contribution is -0.384. The smallest absolute Gasteiger partial charge is 0.287 e. The van der Waals surface area contributed by atoms with Gasteiger partial charge in [0.15, 0.2) is 0 Å². The number of nitro groups is 1. The number of thioether (sulfide) groups is 1. The van der Waals surface area contributed by atoms with E-state index >= 15 is 0 Å². The number of aromatic nitrogens is 3. The molecule has 1 saturated carbocycles. The van der Waals surface area contributed by atoms with Gasteiger partial charge in [-0.15, -0.1) is 16.9 Å². The maximum Gasteiger partial charge on any atom is 0.287 e. The highest BCUT2D eigenvalue weighted by molar-refractivity contribution is 7.99. The van der Waals surface area contributed by atoms with Gasteiger partial charge < -0.3 is 36.6 Å². The van der Waals surface area contributed by atoms with Crippen molar-refractivity contribution >= 4 is 46.9 Å². The topological polar surface area (TPSA) is 273 Å². The van der Waals surface area contributed by atoms with Crippen LogP contribution in [0.4, 0.5) is 5.69 Å². The molecule has 0 radical (unpaired) electrons. The van der Waals surface area contributed by atoms with Crippen molar-refractivity contribution in [3.63, 3.8) is 0 Å². The van der Waals surface area contributed by atoms with Crippen molar-refractivity contribution in [2.75, 3.05) is 12.3 Å².